The fourth-order valence-electron chi connectivity index (χ4n) is 4.43. The Labute approximate surface area is 238 Å². The highest BCUT2D eigenvalue weighted by atomic mass is 19.4. The molecule has 0 aliphatic rings. The number of anilines is 2. The fraction of sp³-hybridized carbons (Fsp3) is 0.103. The summed E-state index contributed by atoms with van der Waals surface area (Å²) in [5.74, 6) is -4.99. The molecule has 0 aliphatic carbocycles. The van der Waals surface area contributed by atoms with Gasteiger partial charge in [-0.2, -0.15) is 26.3 Å². The molecule has 0 amide bonds. The van der Waals surface area contributed by atoms with Crippen LogP contribution in [0, 0.1) is 0 Å². The van der Waals surface area contributed by atoms with Crippen LogP contribution in [0.5, 0.6) is 23.0 Å². The molecule has 14 heteroatoms. The molecule has 0 unspecified atom stereocenters. The second kappa shape index (κ2) is 11.1. The molecular formula is C29H20F6N2O6. The molecular weight excluding hydrogens is 586 g/mol. The summed E-state index contributed by atoms with van der Waals surface area (Å²) in [6.07, 6.45) is -12.3. The fourth-order valence-corrected chi connectivity index (χ4v) is 4.43. The lowest BCUT2D eigenvalue weighted by atomic mass is 9.72. The molecule has 8 nitrogen and oxygen atoms in total. The maximum absolute atomic E-state index is 14.8. The zero-order valence-electron chi connectivity index (χ0n) is 21.5. The van der Waals surface area contributed by atoms with Gasteiger partial charge in [-0.15, -0.1) is 0 Å². The quantitative estimate of drug-likeness (QED) is 0.121. The third-order valence-electron chi connectivity index (χ3n) is 6.31. The van der Waals surface area contributed by atoms with Gasteiger partial charge in [0.2, 0.25) is 5.41 Å². The van der Waals surface area contributed by atoms with Gasteiger partial charge in [-0.25, -0.2) is 9.59 Å². The van der Waals surface area contributed by atoms with E-state index in [0.717, 1.165) is 0 Å². The molecule has 0 spiro atoms. The average Bonchev–Trinajstić information content (AvgIpc) is 2.88. The maximum atomic E-state index is 14.8. The van der Waals surface area contributed by atoms with Crippen LogP contribution in [0.15, 0.2) is 84.9 Å². The molecule has 4 rings (SSSR count). The molecule has 0 bridgehead atoms. The Kier molecular flexibility index (Phi) is 7.90. The number of hydrogen-bond donors (Lipinski definition) is 4. The van der Waals surface area contributed by atoms with E-state index in [2.05, 4.69) is 0 Å². The van der Waals surface area contributed by atoms with E-state index in [1.165, 1.54) is 48.5 Å². The van der Waals surface area contributed by atoms with Crippen LogP contribution in [0.25, 0.3) is 0 Å². The summed E-state index contributed by atoms with van der Waals surface area (Å²) in [6.45, 7) is 0. The predicted octanol–water partition coefficient (Wildman–Crippen LogP) is 7.24. The Bertz CT molecular complexity index is 1580. The van der Waals surface area contributed by atoms with Crippen molar-refractivity contribution >= 4 is 23.3 Å². The van der Waals surface area contributed by atoms with E-state index in [9.17, 15) is 46.1 Å². The van der Waals surface area contributed by atoms with Gasteiger partial charge >= 0.3 is 24.3 Å². The van der Waals surface area contributed by atoms with Gasteiger partial charge < -0.3 is 31.2 Å². The first-order chi connectivity index (χ1) is 20.0. The zero-order valence-corrected chi connectivity index (χ0v) is 21.5. The molecule has 0 heterocycles. The highest BCUT2D eigenvalue weighted by Gasteiger charge is 2.72. The van der Waals surface area contributed by atoms with Crippen LogP contribution in [0.2, 0.25) is 0 Å². The summed E-state index contributed by atoms with van der Waals surface area (Å²) in [7, 11) is 0. The molecule has 0 fully saturated rings. The van der Waals surface area contributed by atoms with Crippen LogP contribution in [0.4, 0.5) is 37.7 Å². The molecule has 224 valence electrons. The zero-order chi connectivity index (χ0) is 31.7. The molecule has 4 aromatic rings. The topological polar surface area (TPSA) is 145 Å². The summed E-state index contributed by atoms with van der Waals surface area (Å²) in [5, 5.41) is 19.4. The first-order valence-electron chi connectivity index (χ1n) is 12.0. The Morgan fingerprint density at radius 3 is 1.26 bits per heavy atom. The second-order valence-corrected chi connectivity index (χ2v) is 9.13. The summed E-state index contributed by atoms with van der Waals surface area (Å²) in [6, 6.07) is 13.5. The SMILES string of the molecule is Nc1cccc(Oc2ccc(C(c3ccc(Oc4cccc(N)c4)c(C(=O)O)c3)(C(F)(F)F)C(F)(F)F)cc2C(=O)O)c1. The van der Waals surface area contributed by atoms with E-state index in [4.69, 9.17) is 20.9 Å². The van der Waals surface area contributed by atoms with Crippen molar-refractivity contribution in [2.24, 2.45) is 0 Å². The number of aromatic carboxylic acids is 2. The number of alkyl halides is 6. The predicted molar refractivity (Wildman–Crippen MR) is 142 cm³/mol. The number of rotatable bonds is 8. The monoisotopic (exact) mass is 606 g/mol. The number of nitrogens with two attached hydrogens (primary N) is 2. The lowest BCUT2D eigenvalue weighted by molar-refractivity contribution is -0.288. The van der Waals surface area contributed by atoms with Gasteiger partial charge in [0.15, 0.2) is 0 Å². The normalized spacial score (nSPS) is 12.0. The third-order valence-corrected chi connectivity index (χ3v) is 6.31. The molecule has 0 saturated carbocycles. The number of carboxylic acid groups (broad SMARTS) is 2. The Balaban J connectivity index is 1.94. The summed E-state index contributed by atoms with van der Waals surface area (Å²) in [4.78, 5) is 24.0. The van der Waals surface area contributed by atoms with Crippen LogP contribution < -0.4 is 20.9 Å². The molecule has 0 aliphatic heterocycles. The van der Waals surface area contributed by atoms with Crippen molar-refractivity contribution in [1.29, 1.82) is 0 Å². The van der Waals surface area contributed by atoms with Crippen molar-refractivity contribution < 1.29 is 55.6 Å². The highest BCUT2D eigenvalue weighted by Crippen LogP contribution is 2.57. The Morgan fingerprint density at radius 2 is 0.953 bits per heavy atom. The van der Waals surface area contributed by atoms with Gasteiger partial charge in [0.25, 0.3) is 0 Å². The van der Waals surface area contributed by atoms with Crippen molar-refractivity contribution in [3.8, 4) is 23.0 Å². The number of hydrogen-bond acceptors (Lipinski definition) is 6. The lowest BCUT2D eigenvalue weighted by Crippen LogP contribution is -2.55. The standard InChI is InChI=1S/C29H20F6N2O6/c30-28(31,32)27(29(33,34)35,15-7-9-23(21(11-15)25(38)39)42-19-5-1-3-17(36)13-19)16-8-10-24(22(12-16)26(40)41)43-20-6-2-4-18(37)14-20/h1-14H,36-37H2,(H,38,39)(H,40,41). The van der Waals surface area contributed by atoms with Gasteiger partial charge in [-0.05, 0) is 59.7 Å². The van der Waals surface area contributed by atoms with Crippen molar-refractivity contribution in [2.75, 3.05) is 11.5 Å². The second-order valence-electron chi connectivity index (χ2n) is 9.13. The van der Waals surface area contributed by atoms with Gasteiger partial charge in [0, 0.05) is 23.5 Å². The summed E-state index contributed by atoms with van der Waals surface area (Å²) >= 11 is 0. The molecule has 0 saturated heterocycles. The molecule has 0 atom stereocenters. The van der Waals surface area contributed by atoms with Gasteiger partial charge in [-0.1, -0.05) is 24.3 Å². The van der Waals surface area contributed by atoms with E-state index in [0.29, 0.717) is 24.3 Å². The van der Waals surface area contributed by atoms with E-state index in [1.54, 1.807) is 0 Å². The number of benzene rings is 4. The van der Waals surface area contributed by atoms with E-state index in [-0.39, 0.29) is 35.0 Å². The van der Waals surface area contributed by atoms with E-state index in [1.807, 2.05) is 0 Å². The number of ether oxygens (including phenoxy) is 2. The number of carbonyl (C=O) groups is 2. The van der Waals surface area contributed by atoms with Crippen molar-refractivity contribution in [3.05, 3.63) is 107 Å². The van der Waals surface area contributed by atoms with Crippen LogP contribution in [-0.4, -0.2) is 34.5 Å². The Morgan fingerprint density at radius 1 is 0.581 bits per heavy atom. The number of nitrogen functional groups attached to an aromatic ring is 2. The number of carboxylic acids is 2. The minimum absolute atomic E-state index is 0.0324. The molecule has 43 heavy (non-hydrogen) atoms. The van der Waals surface area contributed by atoms with Gasteiger partial charge in [0.05, 0.1) is 0 Å². The van der Waals surface area contributed by atoms with Crippen LogP contribution in [0.3, 0.4) is 0 Å². The van der Waals surface area contributed by atoms with E-state index < -0.39 is 63.5 Å². The van der Waals surface area contributed by atoms with Gasteiger partial charge in [-0.3, -0.25) is 0 Å². The third kappa shape index (κ3) is 5.84. The number of halogens is 6. The molecule has 6 N–H and O–H groups in total. The maximum Gasteiger partial charge on any atom is 0.411 e. The molecule has 0 radical (unpaired) electrons. The van der Waals surface area contributed by atoms with Gasteiger partial charge in [0.1, 0.15) is 34.1 Å². The first-order valence-corrected chi connectivity index (χ1v) is 12.0. The van der Waals surface area contributed by atoms with Crippen LogP contribution >= 0.6 is 0 Å². The minimum atomic E-state index is -6.15. The lowest BCUT2D eigenvalue weighted by Gasteiger charge is -2.38. The summed E-state index contributed by atoms with van der Waals surface area (Å²) < 4.78 is 99.5. The van der Waals surface area contributed by atoms with Crippen molar-refractivity contribution in [1.82, 2.24) is 0 Å². The van der Waals surface area contributed by atoms with Crippen molar-refractivity contribution in [2.45, 2.75) is 17.8 Å². The smallest absolute Gasteiger partial charge is 0.411 e. The summed E-state index contributed by atoms with van der Waals surface area (Å²) in [5.41, 5.74) is 1.63. The highest BCUT2D eigenvalue weighted by molar-refractivity contribution is 5.92. The van der Waals surface area contributed by atoms with E-state index >= 15 is 0 Å². The van der Waals surface area contributed by atoms with Crippen molar-refractivity contribution in [3.63, 3.8) is 0 Å². The minimum Gasteiger partial charge on any atom is -0.478 e. The first kappa shape index (κ1) is 30.6. The average molecular weight is 606 g/mol. The molecule has 4 aromatic carbocycles. The van der Waals surface area contributed by atoms with Crippen LogP contribution in [-0.2, 0) is 5.41 Å². The van der Waals surface area contributed by atoms with Crippen LogP contribution in [0.1, 0.15) is 31.8 Å². The Hall–Kier alpha value is -5.40. The molecule has 0 aromatic heterocycles. The largest absolute Gasteiger partial charge is 0.478 e.